The Bertz CT molecular complexity index is 589. The van der Waals surface area contributed by atoms with Crippen LogP contribution in [-0.2, 0) is 6.61 Å². The summed E-state index contributed by atoms with van der Waals surface area (Å²) in [5, 5.41) is 9.82. The average molecular weight is 349 g/mol. The minimum absolute atomic E-state index is 0.500. The summed E-state index contributed by atoms with van der Waals surface area (Å²) in [6.45, 7) is 6.61. The zero-order chi connectivity index (χ0) is 15.4. The minimum Gasteiger partial charge on any atom is -0.489 e. The molecule has 0 saturated heterocycles. The molecule has 2 aromatic rings. The van der Waals surface area contributed by atoms with Gasteiger partial charge in [-0.2, -0.15) is 0 Å². The zero-order valence-corrected chi connectivity index (χ0v) is 14.2. The predicted octanol–water partition coefficient (Wildman–Crippen LogP) is 5.20. The Morgan fingerprint density at radius 1 is 1.05 bits per heavy atom. The van der Waals surface area contributed by atoms with Crippen LogP contribution in [0.4, 0.5) is 0 Å². The molecule has 2 nitrogen and oxygen atoms in total. The Balaban J connectivity index is 2.09. The van der Waals surface area contributed by atoms with Gasteiger partial charge in [0.2, 0.25) is 0 Å². The van der Waals surface area contributed by atoms with Crippen LogP contribution < -0.4 is 4.74 Å². The minimum atomic E-state index is -0.555. The maximum Gasteiger partial charge on any atom is 0.125 e. The van der Waals surface area contributed by atoms with Gasteiger partial charge >= 0.3 is 0 Å². The van der Waals surface area contributed by atoms with E-state index >= 15 is 0 Å². The van der Waals surface area contributed by atoms with Crippen LogP contribution >= 0.6 is 15.9 Å². The molecule has 112 valence electrons. The van der Waals surface area contributed by atoms with Crippen molar-refractivity contribution in [1.82, 2.24) is 0 Å². The van der Waals surface area contributed by atoms with Gasteiger partial charge in [-0.05, 0) is 42.2 Å². The number of aliphatic hydroxyl groups is 1. The standard InChI is InChI=1S/C18H21BrO2/c1-12(2)15-6-4-14(5-7-15)11-21-18-9-8-16(19)10-17(18)13(3)20/h4-10,12-13,20H,11H2,1-3H3/t13-/m1/s1. The van der Waals surface area contributed by atoms with Crippen molar-refractivity contribution >= 4 is 15.9 Å². The van der Waals surface area contributed by atoms with E-state index in [9.17, 15) is 5.11 Å². The summed E-state index contributed by atoms with van der Waals surface area (Å²) in [7, 11) is 0. The Morgan fingerprint density at radius 3 is 2.29 bits per heavy atom. The normalized spacial score (nSPS) is 12.5. The van der Waals surface area contributed by atoms with Gasteiger partial charge in [0.15, 0.2) is 0 Å². The van der Waals surface area contributed by atoms with E-state index in [1.54, 1.807) is 6.92 Å². The van der Waals surface area contributed by atoms with Gasteiger partial charge < -0.3 is 9.84 Å². The summed E-state index contributed by atoms with van der Waals surface area (Å²) in [5.74, 6) is 1.26. The summed E-state index contributed by atoms with van der Waals surface area (Å²) in [5.41, 5.74) is 3.24. The van der Waals surface area contributed by atoms with Crippen molar-refractivity contribution < 1.29 is 9.84 Å². The molecule has 2 rings (SSSR count). The Morgan fingerprint density at radius 2 is 1.71 bits per heavy atom. The molecule has 0 fully saturated rings. The Hall–Kier alpha value is -1.32. The maximum atomic E-state index is 9.82. The molecule has 0 spiro atoms. The zero-order valence-electron chi connectivity index (χ0n) is 12.6. The van der Waals surface area contributed by atoms with Gasteiger partial charge in [0.1, 0.15) is 12.4 Å². The predicted molar refractivity (Wildman–Crippen MR) is 89.6 cm³/mol. The van der Waals surface area contributed by atoms with Crippen LogP contribution in [0.5, 0.6) is 5.75 Å². The molecule has 0 aliphatic rings. The topological polar surface area (TPSA) is 29.5 Å². The number of ether oxygens (including phenoxy) is 1. The smallest absolute Gasteiger partial charge is 0.125 e. The van der Waals surface area contributed by atoms with Crippen LogP contribution in [-0.4, -0.2) is 5.11 Å². The molecule has 0 bridgehead atoms. The summed E-state index contributed by atoms with van der Waals surface area (Å²) >= 11 is 3.42. The fraction of sp³-hybridized carbons (Fsp3) is 0.333. The van der Waals surface area contributed by atoms with Crippen molar-refractivity contribution in [3.63, 3.8) is 0 Å². The van der Waals surface area contributed by atoms with Crippen molar-refractivity contribution in [2.75, 3.05) is 0 Å². The number of benzene rings is 2. The second-order valence-corrected chi connectivity index (χ2v) is 6.46. The van der Waals surface area contributed by atoms with Crippen LogP contribution in [0.2, 0.25) is 0 Å². The van der Waals surface area contributed by atoms with Gasteiger partial charge in [0.05, 0.1) is 6.10 Å². The van der Waals surface area contributed by atoms with Gasteiger partial charge in [-0.15, -0.1) is 0 Å². The van der Waals surface area contributed by atoms with Crippen molar-refractivity contribution in [2.45, 2.75) is 39.4 Å². The molecule has 0 saturated carbocycles. The fourth-order valence-corrected chi connectivity index (χ4v) is 2.52. The first kappa shape index (κ1) is 16.1. The van der Waals surface area contributed by atoms with Crippen LogP contribution in [0, 0.1) is 0 Å². The number of hydrogen-bond acceptors (Lipinski definition) is 2. The van der Waals surface area contributed by atoms with Gasteiger partial charge in [-0.1, -0.05) is 54.0 Å². The fourth-order valence-electron chi connectivity index (χ4n) is 2.14. The van der Waals surface area contributed by atoms with E-state index in [1.807, 2.05) is 18.2 Å². The molecule has 0 unspecified atom stereocenters. The van der Waals surface area contributed by atoms with Crippen LogP contribution in [0.1, 0.15) is 49.5 Å². The molecule has 0 radical (unpaired) electrons. The van der Waals surface area contributed by atoms with Gasteiger partial charge in [0.25, 0.3) is 0 Å². The van der Waals surface area contributed by atoms with Crippen LogP contribution in [0.25, 0.3) is 0 Å². The molecule has 21 heavy (non-hydrogen) atoms. The Labute approximate surface area is 134 Å². The van der Waals surface area contributed by atoms with Gasteiger partial charge in [-0.3, -0.25) is 0 Å². The number of rotatable bonds is 5. The van der Waals surface area contributed by atoms with E-state index in [1.165, 1.54) is 5.56 Å². The summed E-state index contributed by atoms with van der Waals surface area (Å²) < 4.78 is 6.80. The van der Waals surface area contributed by atoms with E-state index in [0.717, 1.165) is 21.3 Å². The molecule has 2 aromatic carbocycles. The molecular formula is C18H21BrO2. The first-order valence-corrected chi connectivity index (χ1v) is 7.96. The third-order valence-corrected chi connectivity index (χ3v) is 3.96. The lowest BCUT2D eigenvalue weighted by molar-refractivity contribution is 0.190. The van der Waals surface area contributed by atoms with Crippen molar-refractivity contribution in [2.24, 2.45) is 0 Å². The van der Waals surface area contributed by atoms with E-state index in [0.29, 0.717) is 12.5 Å². The van der Waals surface area contributed by atoms with E-state index in [4.69, 9.17) is 4.74 Å². The largest absolute Gasteiger partial charge is 0.489 e. The summed E-state index contributed by atoms with van der Waals surface area (Å²) in [6.07, 6.45) is -0.555. The molecule has 0 aliphatic heterocycles. The summed E-state index contributed by atoms with van der Waals surface area (Å²) in [6, 6.07) is 14.2. The lowest BCUT2D eigenvalue weighted by atomic mass is 10.0. The molecule has 0 amide bonds. The number of hydrogen-bond donors (Lipinski definition) is 1. The average Bonchev–Trinajstić information content (AvgIpc) is 2.46. The quantitative estimate of drug-likeness (QED) is 0.803. The molecule has 3 heteroatoms. The lowest BCUT2D eigenvalue weighted by Gasteiger charge is -2.14. The van der Waals surface area contributed by atoms with Crippen LogP contribution in [0.3, 0.4) is 0 Å². The second-order valence-electron chi connectivity index (χ2n) is 5.54. The summed E-state index contributed by atoms with van der Waals surface area (Å²) in [4.78, 5) is 0. The monoisotopic (exact) mass is 348 g/mol. The van der Waals surface area contributed by atoms with E-state index in [-0.39, 0.29) is 0 Å². The highest BCUT2D eigenvalue weighted by Crippen LogP contribution is 2.29. The van der Waals surface area contributed by atoms with Crippen molar-refractivity contribution in [3.8, 4) is 5.75 Å². The highest BCUT2D eigenvalue weighted by atomic mass is 79.9. The Kier molecular flexibility index (Phi) is 5.43. The molecule has 1 N–H and O–H groups in total. The van der Waals surface area contributed by atoms with Gasteiger partial charge in [-0.25, -0.2) is 0 Å². The SMILES string of the molecule is CC(C)c1ccc(COc2ccc(Br)cc2[C@@H](C)O)cc1. The first-order valence-electron chi connectivity index (χ1n) is 7.16. The molecule has 0 heterocycles. The molecule has 1 atom stereocenters. The third-order valence-electron chi connectivity index (χ3n) is 3.46. The maximum absolute atomic E-state index is 9.82. The first-order chi connectivity index (χ1) is 9.97. The van der Waals surface area contributed by atoms with Crippen LogP contribution in [0.15, 0.2) is 46.9 Å². The lowest BCUT2D eigenvalue weighted by Crippen LogP contribution is -2.01. The molecule has 0 aliphatic carbocycles. The third kappa shape index (κ3) is 4.32. The number of aliphatic hydroxyl groups excluding tert-OH is 1. The molecule has 0 aromatic heterocycles. The van der Waals surface area contributed by atoms with E-state index < -0.39 is 6.10 Å². The van der Waals surface area contributed by atoms with Crippen molar-refractivity contribution in [3.05, 3.63) is 63.6 Å². The van der Waals surface area contributed by atoms with Gasteiger partial charge in [0, 0.05) is 10.0 Å². The number of halogens is 1. The molecular weight excluding hydrogens is 328 g/mol. The van der Waals surface area contributed by atoms with E-state index in [2.05, 4.69) is 54.0 Å². The highest BCUT2D eigenvalue weighted by Gasteiger charge is 2.10. The second kappa shape index (κ2) is 7.10. The van der Waals surface area contributed by atoms with Crippen molar-refractivity contribution in [1.29, 1.82) is 0 Å². The highest BCUT2D eigenvalue weighted by molar-refractivity contribution is 9.10.